The van der Waals surface area contributed by atoms with E-state index < -0.39 is 0 Å². The summed E-state index contributed by atoms with van der Waals surface area (Å²) >= 11 is 7.32. The van der Waals surface area contributed by atoms with Gasteiger partial charge < -0.3 is 19.8 Å². The molecule has 0 radical (unpaired) electrons. The molecule has 140 valence electrons. The fourth-order valence-electron chi connectivity index (χ4n) is 3.98. The van der Waals surface area contributed by atoms with Crippen LogP contribution in [0.15, 0.2) is 12.1 Å². The Morgan fingerprint density at radius 1 is 1.24 bits per heavy atom. The number of carbonyl (C=O) groups is 1. The highest BCUT2D eigenvalue weighted by molar-refractivity contribution is 7.17. The molecule has 1 N–H and O–H groups in total. The van der Waals surface area contributed by atoms with Crippen LogP contribution in [-0.2, 0) is 0 Å². The Balaban J connectivity index is 1.62. The molecule has 2 atom stereocenters. The maximum Gasteiger partial charge on any atom is 0.263 e. The van der Waals surface area contributed by atoms with Gasteiger partial charge in [-0.3, -0.25) is 4.79 Å². The van der Waals surface area contributed by atoms with Crippen LogP contribution in [0.3, 0.4) is 0 Å². The molecular weight excluding hydrogens is 358 g/mol. The quantitative estimate of drug-likeness (QED) is 0.862. The van der Waals surface area contributed by atoms with Crippen molar-refractivity contribution in [2.45, 2.75) is 12.8 Å². The number of rotatable bonds is 4. The Labute approximate surface area is 159 Å². The molecule has 7 heteroatoms. The van der Waals surface area contributed by atoms with Crippen molar-refractivity contribution < 1.29 is 9.90 Å². The Morgan fingerprint density at radius 2 is 2.04 bits per heavy atom. The first-order valence-electron chi connectivity index (χ1n) is 9.11. The number of halogens is 1. The van der Waals surface area contributed by atoms with Crippen molar-refractivity contribution in [2.75, 3.05) is 59.5 Å². The van der Waals surface area contributed by atoms with Crippen molar-refractivity contribution >= 4 is 28.8 Å². The molecule has 2 aliphatic heterocycles. The van der Waals surface area contributed by atoms with Crippen molar-refractivity contribution in [3.63, 3.8) is 0 Å². The highest BCUT2D eigenvalue weighted by atomic mass is 35.5. The van der Waals surface area contributed by atoms with Gasteiger partial charge in [-0.2, -0.15) is 0 Å². The van der Waals surface area contributed by atoms with E-state index >= 15 is 0 Å². The Kier molecular flexibility index (Phi) is 6.74. The molecule has 3 heterocycles. The number of amides is 1. The number of hydrogen-bond donors (Lipinski definition) is 1. The van der Waals surface area contributed by atoms with Gasteiger partial charge in [0, 0.05) is 39.3 Å². The summed E-state index contributed by atoms with van der Waals surface area (Å²) in [6, 6.07) is 3.58. The minimum atomic E-state index is 0.0515. The third-order valence-corrected chi connectivity index (χ3v) is 6.50. The summed E-state index contributed by atoms with van der Waals surface area (Å²) in [4.78, 5) is 20.3. The van der Waals surface area contributed by atoms with E-state index in [9.17, 15) is 9.90 Å². The minimum absolute atomic E-state index is 0.0515. The second kappa shape index (κ2) is 8.82. The number of thiophene rings is 1. The Bertz CT molecular complexity index is 582. The second-order valence-electron chi connectivity index (χ2n) is 7.42. The van der Waals surface area contributed by atoms with E-state index in [0.29, 0.717) is 21.7 Å². The van der Waals surface area contributed by atoms with Crippen molar-refractivity contribution in [1.82, 2.24) is 14.7 Å². The fraction of sp³-hybridized carbons (Fsp3) is 0.722. The average Bonchev–Trinajstić information content (AvgIpc) is 2.94. The van der Waals surface area contributed by atoms with E-state index in [4.69, 9.17) is 11.6 Å². The number of likely N-dealkylation sites (N-methyl/N-ethyl adjacent to an activating group) is 1. The van der Waals surface area contributed by atoms with Gasteiger partial charge >= 0.3 is 0 Å². The van der Waals surface area contributed by atoms with E-state index in [1.54, 1.807) is 12.1 Å². The molecule has 1 aromatic rings. The molecular formula is C18H28ClN3O2S. The van der Waals surface area contributed by atoms with Crippen LogP contribution in [0.2, 0.25) is 4.34 Å². The van der Waals surface area contributed by atoms with Crippen molar-refractivity contribution in [3.05, 3.63) is 21.3 Å². The largest absolute Gasteiger partial charge is 0.396 e. The summed E-state index contributed by atoms with van der Waals surface area (Å²) in [6.07, 6.45) is 2.20. The van der Waals surface area contributed by atoms with Gasteiger partial charge in [-0.15, -0.1) is 11.3 Å². The average molecular weight is 386 g/mol. The van der Waals surface area contributed by atoms with Gasteiger partial charge in [0.2, 0.25) is 0 Å². The van der Waals surface area contributed by atoms with Crippen LogP contribution in [0.1, 0.15) is 22.5 Å². The number of aliphatic hydroxyl groups excluding tert-OH is 1. The lowest BCUT2D eigenvalue weighted by molar-refractivity contribution is 0.0458. The van der Waals surface area contributed by atoms with Gasteiger partial charge in [0.05, 0.1) is 9.21 Å². The molecule has 5 nitrogen and oxygen atoms in total. The molecule has 0 unspecified atom stereocenters. The standard InChI is InChI=1S/C18H28ClN3O2S/c1-20-5-2-6-21(8-7-20)10-14-9-15(13-23)12-22(11-14)18(24)16-3-4-17(19)25-16/h3-4,14-15,23H,2,5-13H2,1H3/t14-,15+/m1/s1. The smallest absolute Gasteiger partial charge is 0.263 e. The second-order valence-corrected chi connectivity index (χ2v) is 9.14. The third-order valence-electron chi connectivity index (χ3n) is 5.28. The molecule has 2 saturated heterocycles. The molecule has 3 rings (SSSR count). The van der Waals surface area contributed by atoms with E-state index in [-0.39, 0.29) is 18.4 Å². The number of piperidine rings is 1. The minimum Gasteiger partial charge on any atom is -0.396 e. The van der Waals surface area contributed by atoms with E-state index in [0.717, 1.165) is 45.7 Å². The Morgan fingerprint density at radius 3 is 2.76 bits per heavy atom. The monoisotopic (exact) mass is 385 g/mol. The number of aliphatic hydroxyl groups is 1. The van der Waals surface area contributed by atoms with Gasteiger partial charge in [0.15, 0.2) is 0 Å². The van der Waals surface area contributed by atoms with E-state index in [2.05, 4.69) is 16.8 Å². The van der Waals surface area contributed by atoms with Crippen LogP contribution in [-0.4, -0.2) is 85.2 Å². The number of likely N-dealkylation sites (tertiary alicyclic amines) is 1. The van der Waals surface area contributed by atoms with Crippen molar-refractivity contribution in [2.24, 2.45) is 11.8 Å². The molecule has 1 amide bonds. The molecule has 2 aliphatic rings. The number of carbonyl (C=O) groups excluding carboxylic acids is 1. The molecule has 0 aromatic carbocycles. The summed E-state index contributed by atoms with van der Waals surface area (Å²) in [5, 5.41) is 9.69. The lowest BCUT2D eigenvalue weighted by atomic mass is 9.89. The highest BCUT2D eigenvalue weighted by Crippen LogP contribution is 2.27. The van der Waals surface area contributed by atoms with Crippen LogP contribution < -0.4 is 0 Å². The van der Waals surface area contributed by atoms with E-state index in [1.807, 2.05) is 4.90 Å². The summed E-state index contributed by atoms with van der Waals surface area (Å²) in [6.45, 7) is 7.05. The molecule has 2 fully saturated rings. The molecule has 0 saturated carbocycles. The summed E-state index contributed by atoms with van der Waals surface area (Å²) in [5.41, 5.74) is 0. The third kappa shape index (κ3) is 5.17. The van der Waals surface area contributed by atoms with Crippen LogP contribution in [0, 0.1) is 11.8 Å². The van der Waals surface area contributed by atoms with Crippen LogP contribution in [0.4, 0.5) is 0 Å². The van der Waals surface area contributed by atoms with Crippen molar-refractivity contribution in [1.29, 1.82) is 0 Å². The molecule has 1 aromatic heterocycles. The van der Waals surface area contributed by atoms with Crippen LogP contribution in [0.25, 0.3) is 0 Å². The predicted molar refractivity (Wildman–Crippen MR) is 102 cm³/mol. The first-order chi connectivity index (χ1) is 12.0. The SMILES string of the molecule is CN1CCCN(C[C@H]2C[C@H](CO)CN(C(=O)c3ccc(Cl)s3)C2)CC1. The first kappa shape index (κ1) is 19.1. The fourth-order valence-corrected chi connectivity index (χ4v) is 4.99. The molecule has 25 heavy (non-hydrogen) atoms. The maximum absolute atomic E-state index is 12.8. The maximum atomic E-state index is 12.8. The lowest BCUT2D eigenvalue weighted by Gasteiger charge is -2.39. The normalized spacial score (nSPS) is 26.6. The van der Waals surface area contributed by atoms with E-state index in [1.165, 1.54) is 17.8 Å². The first-order valence-corrected chi connectivity index (χ1v) is 10.3. The number of nitrogens with zero attached hydrogens (tertiary/aromatic N) is 3. The Hall–Kier alpha value is -0.660. The van der Waals surface area contributed by atoms with Crippen LogP contribution in [0.5, 0.6) is 0 Å². The lowest BCUT2D eigenvalue weighted by Crippen LogP contribution is -2.48. The highest BCUT2D eigenvalue weighted by Gasteiger charge is 2.31. The summed E-state index contributed by atoms with van der Waals surface area (Å²) < 4.78 is 0.643. The van der Waals surface area contributed by atoms with Crippen molar-refractivity contribution in [3.8, 4) is 0 Å². The van der Waals surface area contributed by atoms with Crippen LogP contribution >= 0.6 is 22.9 Å². The topological polar surface area (TPSA) is 47.0 Å². The predicted octanol–water partition coefficient (Wildman–Crippen LogP) is 2.11. The van der Waals surface area contributed by atoms with Gasteiger partial charge in [0.25, 0.3) is 5.91 Å². The van der Waals surface area contributed by atoms with Gasteiger partial charge in [-0.05, 0) is 56.9 Å². The zero-order valence-electron chi connectivity index (χ0n) is 14.9. The zero-order valence-corrected chi connectivity index (χ0v) is 16.4. The van der Waals surface area contributed by atoms with Gasteiger partial charge in [0.1, 0.15) is 0 Å². The molecule has 0 spiro atoms. The molecule has 0 aliphatic carbocycles. The number of hydrogen-bond acceptors (Lipinski definition) is 5. The zero-order chi connectivity index (χ0) is 17.8. The van der Waals surface area contributed by atoms with Gasteiger partial charge in [-0.1, -0.05) is 11.6 Å². The molecule has 0 bridgehead atoms. The summed E-state index contributed by atoms with van der Waals surface area (Å²) in [5.74, 6) is 0.650. The van der Waals surface area contributed by atoms with Gasteiger partial charge in [-0.25, -0.2) is 0 Å². The summed E-state index contributed by atoms with van der Waals surface area (Å²) in [7, 11) is 2.18.